The van der Waals surface area contributed by atoms with Crippen LogP contribution in [0.2, 0.25) is 0 Å². The summed E-state index contributed by atoms with van der Waals surface area (Å²) < 4.78 is 5.21. The van der Waals surface area contributed by atoms with Crippen molar-refractivity contribution in [3.63, 3.8) is 0 Å². The van der Waals surface area contributed by atoms with Gasteiger partial charge in [0, 0.05) is 12.6 Å². The number of nitrogens with zero attached hydrogens (tertiary/aromatic N) is 1. The van der Waals surface area contributed by atoms with E-state index in [4.69, 9.17) is 9.84 Å². The molecule has 1 aromatic carbocycles. The summed E-state index contributed by atoms with van der Waals surface area (Å²) in [6.07, 6.45) is 0. The topological polar surface area (TPSA) is 66.8 Å². The first-order valence-electron chi connectivity index (χ1n) is 6.56. The van der Waals surface area contributed by atoms with Crippen molar-refractivity contribution in [3.05, 3.63) is 34.9 Å². The number of rotatable bonds is 3. The quantitative estimate of drug-likeness (QED) is 0.908. The molecule has 1 saturated heterocycles. The third-order valence-corrected chi connectivity index (χ3v) is 3.94. The van der Waals surface area contributed by atoms with Crippen LogP contribution in [0, 0.1) is 19.8 Å². The molecule has 0 spiro atoms. The predicted molar refractivity (Wildman–Crippen MR) is 73.7 cm³/mol. The van der Waals surface area contributed by atoms with E-state index in [1.54, 1.807) is 13.1 Å². The highest BCUT2D eigenvalue weighted by Crippen LogP contribution is 2.21. The van der Waals surface area contributed by atoms with Crippen molar-refractivity contribution >= 4 is 11.9 Å². The van der Waals surface area contributed by atoms with E-state index in [1.807, 2.05) is 26.0 Å². The third kappa shape index (κ3) is 2.67. The number of likely N-dealkylation sites (N-methyl/N-ethyl adjacent to an activating group) is 1. The number of carbonyl (C=O) groups excluding carboxylic acids is 1. The van der Waals surface area contributed by atoms with Crippen LogP contribution in [-0.4, -0.2) is 48.2 Å². The van der Waals surface area contributed by atoms with Crippen LogP contribution in [0.3, 0.4) is 0 Å². The summed E-state index contributed by atoms with van der Waals surface area (Å²) in [6.45, 7) is 4.36. The first-order chi connectivity index (χ1) is 9.41. The molecule has 2 unspecified atom stereocenters. The highest BCUT2D eigenvalue weighted by Gasteiger charge is 2.38. The van der Waals surface area contributed by atoms with Gasteiger partial charge < -0.3 is 14.7 Å². The first kappa shape index (κ1) is 14.5. The number of carboxylic acids is 1. The van der Waals surface area contributed by atoms with Crippen molar-refractivity contribution in [3.8, 4) is 0 Å². The predicted octanol–water partition coefficient (Wildman–Crippen LogP) is 1.48. The highest BCUT2D eigenvalue weighted by atomic mass is 16.5. The summed E-state index contributed by atoms with van der Waals surface area (Å²) in [5.41, 5.74) is 2.74. The molecule has 1 aromatic rings. The molecule has 2 atom stereocenters. The van der Waals surface area contributed by atoms with E-state index in [2.05, 4.69) is 0 Å². The molecule has 5 heteroatoms. The van der Waals surface area contributed by atoms with E-state index in [0.717, 1.165) is 11.1 Å². The summed E-state index contributed by atoms with van der Waals surface area (Å²) in [7, 11) is 1.63. The van der Waals surface area contributed by atoms with Crippen molar-refractivity contribution in [1.29, 1.82) is 0 Å². The normalized spacial score (nSPS) is 21.8. The zero-order valence-electron chi connectivity index (χ0n) is 11.9. The van der Waals surface area contributed by atoms with Gasteiger partial charge in [-0.3, -0.25) is 9.59 Å². The molecule has 1 aliphatic heterocycles. The van der Waals surface area contributed by atoms with Gasteiger partial charge in [-0.1, -0.05) is 6.07 Å². The Morgan fingerprint density at radius 1 is 1.25 bits per heavy atom. The number of aryl methyl sites for hydroxylation is 2. The number of hydrogen-bond donors (Lipinski definition) is 1. The lowest BCUT2D eigenvalue weighted by molar-refractivity contribution is -0.142. The fourth-order valence-electron chi connectivity index (χ4n) is 2.39. The average molecular weight is 277 g/mol. The van der Waals surface area contributed by atoms with E-state index in [0.29, 0.717) is 5.56 Å². The first-order valence-corrected chi connectivity index (χ1v) is 6.56. The monoisotopic (exact) mass is 277 g/mol. The van der Waals surface area contributed by atoms with Gasteiger partial charge in [0.15, 0.2) is 0 Å². The molecule has 0 aromatic heterocycles. The second-order valence-corrected chi connectivity index (χ2v) is 5.26. The summed E-state index contributed by atoms with van der Waals surface area (Å²) in [4.78, 5) is 25.1. The number of hydrogen-bond acceptors (Lipinski definition) is 3. The van der Waals surface area contributed by atoms with Gasteiger partial charge in [-0.05, 0) is 37.1 Å². The summed E-state index contributed by atoms with van der Waals surface area (Å²) in [5.74, 6) is -1.75. The Morgan fingerprint density at radius 3 is 2.55 bits per heavy atom. The molecular weight excluding hydrogens is 258 g/mol. The van der Waals surface area contributed by atoms with Crippen LogP contribution in [0.25, 0.3) is 0 Å². The zero-order valence-corrected chi connectivity index (χ0v) is 11.9. The van der Waals surface area contributed by atoms with Crippen molar-refractivity contribution in [1.82, 2.24) is 4.90 Å². The SMILES string of the molecule is Cc1ccc(C(=O)N(C)C2COCC2C(=O)O)cc1C. The Balaban J connectivity index is 2.19. The van der Waals surface area contributed by atoms with E-state index >= 15 is 0 Å². The maximum absolute atomic E-state index is 12.4. The van der Waals surface area contributed by atoms with Gasteiger partial charge >= 0.3 is 5.97 Å². The molecule has 0 bridgehead atoms. The van der Waals surface area contributed by atoms with Gasteiger partial charge in [-0.2, -0.15) is 0 Å². The van der Waals surface area contributed by atoms with Gasteiger partial charge in [0.25, 0.3) is 5.91 Å². The molecular formula is C15H19NO4. The highest BCUT2D eigenvalue weighted by molar-refractivity contribution is 5.95. The van der Waals surface area contributed by atoms with Crippen molar-refractivity contribution in [2.45, 2.75) is 19.9 Å². The largest absolute Gasteiger partial charge is 0.481 e. The standard InChI is InChI=1S/C15H19NO4/c1-9-4-5-11(6-10(9)2)14(17)16(3)13-8-20-7-12(13)15(18)19/h4-6,12-13H,7-8H2,1-3H3,(H,18,19). The Hall–Kier alpha value is -1.88. The zero-order chi connectivity index (χ0) is 14.9. The second kappa shape index (κ2) is 5.63. The number of aliphatic carboxylic acids is 1. The molecule has 0 saturated carbocycles. The van der Waals surface area contributed by atoms with Crippen LogP contribution in [0.15, 0.2) is 18.2 Å². The van der Waals surface area contributed by atoms with Gasteiger partial charge in [0.1, 0.15) is 5.92 Å². The lowest BCUT2D eigenvalue weighted by Gasteiger charge is -2.26. The van der Waals surface area contributed by atoms with Gasteiger partial charge in [-0.15, -0.1) is 0 Å². The maximum atomic E-state index is 12.4. The molecule has 1 fully saturated rings. The number of ether oxygens (including phenoxy) is 1. The summed E-state index contributed by atoms with van der Waals surface area (Å²) >= 11 is 0. The minimum atomic E-state index is -0.924. The Kier molecular flexibility index (Phi) is 4.09. The van der Waals surface area contributed by atoms with E-state index in [9.17, 15) is 9.59 Å². The second-order valence-electron chi connectivity index (χ2n) is 5.26. The molecule has 5 nitrogen and oxygen atoms in total. The van der Waals surface area contributed by atoms with Gasteiger partial charge in [-0.25, -0.2) is 0 Å². The molecule has 1 heterocycles. The van der Waals surface area contributed by atoms with Crippen LogP contribution in [0.4, 0.5) is 0 Å². The molecule has 2 rings (SSSR count). The Labute approximate surface area is 118 Å². The van der Waals surface area contributed by atoms with Crippen LogP contribution in [-0.2, 0) is 9.53 Å². The molecule has 1 aliphatic rings. The Morgan fingerprint density at radius 2 is 1.95 bits per heavy atom. The van der Waals surface area contributed by atoms with Crippen molar-refractivity contribution in [2.24, 2.45) is 5.92 Å². The summed E-state index contributed by atoms with van der Waals surface area (Å²) in [5, 5.41) is 9.15. The maximum Gasteiger partial charge on any atom is 0.311 e. The molecule has 0 radical (unpaired) electrons. The molecule has 0 aliphatic carbocycles. The lowest BCUT2D eigenvalue weighted by Crippen LogP contribution is -2.44. The van der Waals surface area contributed by atoms with Crippen LogP contribution >= 0.6 is 0 Å². The van der Waals surface area contributed by atoms with Crippen molar-refractivity contribution in [2.75, 3.05) is 20.3 Å². The average Bonchev–Trinajstić information content (AvgIpc) is 2.89. The number of carboxylic acid groups (broad SMARTS) is 1. The lowest BCUT2D eigenvalue weighted by atomic mass is 10.0. The molecule has 1 N–H and O–H groups in total. The van der Waals surface area contributed by atoms with Crippen LogP contribution < -0.4 is 0 Å². The fraction of sp³-hybridized carbons (Fsp3) is 0.467. The van der Waals surface area contributed by atoms with E-state index < -0.39 is 17.9 Å². The van der Waals surface area contributed by atoms with Crippen molar-refractivity contribution < 1.29 is 19.4 Å². The van der Waals surface area contributed by atoms with Gasteiger partial charge in [0.05, 0.1) is 19.3 Å². The van der Waals surface area contributed by atoms with E-state index in [1.165, 1.54) is 4.90 Å². The minimum Gasteiger partial charge on any atom is -0.481 e. The fourth-order valence-corrected chi connectivity index (χ4v) is 2.39. The minimum absolute atomic E-state index is 0.157. The molecule has 1 amide bonds. The molecule has 108 valence electrons. The summed E-state index contributed by atoms with van der Waals surface area (Å²) in [6, 6.07) is 5.09. The molecule has 20 heavy (non-hydrogen) atoms. The Bertz CT molecular complexity index is 541. The third-order valence-electron chi connectivity index (χ3n) is 3.94. The van der Waals surface area contributed by atoms with E-state index in [-0.39, 0.29) is 19.1 Å². The number of benzene rings is 1. The smallest absolute Gasteiger partial charge is 0.311 e. The number of amides is 1. The van der Waals surface area contributed by atoms with Gasteiger partial charge in [0.2, 0.25) is 0 Å². The number of carbonyl (C=O) groups is 2. The van der Waals surface area contributed by atoms with Crippen LogP contribution in [0.5, 0.6) is 0 Å². The van der Waals surface area contributed by atoms with Crippen LogP contribution in [0.1, 0.15) is 21.5 Å².